The van der Waals surface area contributed by atoms with Crippen molar-refractivity contribution in [3.05, 3.63) is 0 Å². The van der Waals surface area contributed by atoms with Crippen molar-refractivity contribution in [2.75, 3.05) is 26.7 Å². The molecular formula is C10H16N2O2. The van der Waals surface area contributed by atoms with E-state index < -0.39 is 0 Å². The van der Waals surface area contributed by atoms with Crippen LogP contribution in [0, 0.1) is 5.92 Å². The minimum absolute atomic E-state index is 0.0781. The van der Waals surface area contributed by atoms with Crippen LogP contribution in [0.25, 0.3) is 0 Å². The molecule has 1 unspecified atom stereocenters. The highest BCUT2D eigenvalue weighted by Crippen LogP contribution is 2.20. The third-order valence-corrected chi connectivity index (χ3v) is 3.11. The molecule has 0 bridgehead atoms. The normalized spacial score (nSPS) is 27.5. The van der Waals surface area contributed by atoms with Crippen LogP contribution in [-0.2, 0) is 9.59 Å². The molecule has 2 amide bonds. The summed E-state index contributed by atoms with van der Waals surface area (Å²) in [7, 11) is 1.76. The minimum Gasteiger partial charge on any atom is -0.345 e. The van der Waals surface area contributed by atoms with E-state index in [1.807, 2.05) is 4.90 Å². The third-order valence-electron chi connectivity index (χ3n) is 3.11. The van der Waals surface area contributed by atoms with Crippen LogP contribution in [0.2, 0.25) is 0 Å². The Balaban J connectivity index is 1.95. The van der Waals surface area contributed by atoms with Gasteiger partial charge in [-0.2, -0.15) is 0 Å². The van der Waals surface area contributed by atoms with Crippen LogP contribution in [0.5, 0.6) is 0 Å². The maximum absolute atomic E-state index is 11.9. The Morgan fingerprint density at radius 3 is 2.50 bits per heavy atom. The Hall–Kier alpha value is -1.06. The molecular weight excluding hydrogens is 180 g/mol. The molecule has 0 radical (unpaired) electrons. The van der Waals surface area contributed by atoms with Crippen molar-refractivity contribution in [3.63, 3.8) is 0 Å². The number of nitrogens with zero attached hydrogens (tertiary/aromatic N) is 2. The van der Waals surface area contributed by atoms with Crippen molar-refractivity contribution in [3.8, 4) is 0 Å². The lowest BCUT2D eigenvalue weighted by Gasteiger charge is -2.19. The number of likely N-dealkylation sites (tertiary alicyclic amines) is 2. The van der Waals surface area contributed by atoms with Gasteiger partial charge in [0.25, 0.3) is 0 Å². The fourth-order valence-corrected chi connectivity index (χ4v) is 2.22. The quantitative estimate of drug-likeness (QED) is 0.596. The monoisotopic (exact) mass is 196 g/mol. The van der Waals surface area contributed by atoms with E-state index in [9.17, 15) is 9.59 Å². The van der Waals surface area contributed by atoms with E-state index in [2.05, 4.69) is 0 Å². The number of carbonyl (C=O) groups excluding carboxylic acids is 2. The summed E-state index contributed by atoms with van der Waals surface area (Å²) in [6, 6.07) is 0. The summed E-state index contributed by atoms with van der Waals surface area (Å²) in [5.41, 5.74) is 0. The van der Waals surface area contributed by atoms with Gasteiger partial charge in [0, 0.05) is 33.1 Å². The molecule has 4 heteroatoms. The molecule has 0 spiro atoms. The zero-order valence-electron chi connectivity index (χ0n) is 8.53. The maximum Gasteiger partial charge on any atom is 0.227 e. The molecule has 0 aromatic rings. The molecule has 0 saturated carbocycles. The van der Waals surface area contributed by atoms with Gasteiger partial charge in [-0.05, 0) is 12.8 Å². The molecule has 0 aromatic carbocycles. The molecule has 78 valence electrons. The van der Waals surface area contributed by atoms with Crippen molar-refractivity contribution >= 4 is 11.8 Å². The van der Waals surface area contributed by atoms with E-state index in [0.717, 1.165) is 25.9 Å². The van der Waals surface area contributed by atoms with E-state index >= 15 is 0 Å². The fourth-order valence-electron chi connectivity index (χ4n) is 2.22. The molecule has 2 aliphatic rings. The van der Waals surface area contributed by atoms with E-state index in [1.165, 1.54) is 0 Å². The Kier molecular flexibility index (Phi) is 2.44. The van der Waals surface area contributed by atoms with Gasteiger partial charge in [-0.3, -0.25) is 9.59 Å². The number of amides is 2. The average molecular weight is 196 g/mol. The Labute approximate surface area is 83.9 Å². The van der Waals surface area contributed by atoms with Gasteiger partial charge in [0.2, 0.25) is 11.8 Å². The van der Waals surface area contributed by atoms with Gasteiger partial charge in [-0.25, -0.2) is 0 Å². The van der Waals surface area contributed by atoms with E-state index in [4.69, 9.17) is 0 Å². The molecule has 2 saturated heterocycles. The standard InChI is InChI=1S/C10H16N2O2/c1-11-7-8(6-9(11)13)10(14)12-4-2-3-5-12/h8H,2-7H2,1H3. The van der Waals surface area contributed by atoms with Gasteiger partial charge >= 0.3 is 0 Å². The molecule has 2 aliphatic heterocycles. The lowest BCUT2D eigenvalue weighted by molar-refractivity contribution is -0.134. The Bertz CT molecular complexity index is 259. The van der Waals surface area contributed by atoms with Crippen LogP contribution in [0.1, 0.15) is 19.3 Å². The van der Waals surface area contributed by atoms with Gasteiger partial charge in [0.05, 0.1) is 5.92 Å². The van der Waals surface area contributed by atoms with Crippen LogP contribution >= 0.6 is 0 Å². The summed E-state index contributed by atoms with van der Waals surface area (Å²) in [5, 5.41) is 0. The van der Waals surface area contributed by atoms with Crippen molar-refractivity contribution in [1.82, 2.24) is 9.80 Å². The van der Waals surface area contributed by atoms with Crippen LogP contribution in [0.3, 0.4) is 0 Å². The first-order chi connectivity index (χ1) is 6.68. The number of rotatable bonds is 1. The largest absolute Gasteiger partial charge is 0.345 e. The summed E-state index contributed by atoms with van der Waals surface area (Å²) in [4.78, 5) is 26.7. The second kappa shape index (κ2) is 3.59. The van der Waals surface area contributed by atoms with Crippen LogP contribution in [-0.4, -0.2) is 48.3 Å². The SMILES string of the molecule is CN1CC(C(=O)N2CCCC2)CC1=O. The molecule has 1 atom stereocenters. The average Bonchev–Trinajstić information content (AvgIpc) is 2.76. The molecule has 2 heterocycles. The minimum atomic E-state index is -0.0781. The number of hydrogen-bond donors (Lipinski definition) is 0. The summed E-state index contributed by atoms with van der Waals surface area (Å²) in [6.07, 6.45) is 2.64. The highest BCUT2D eigenvalue weighted by atomic mass is 16.2. The highest BCUT2D eigenvalue weighted by Gasteiger charge is 2.35. The first-order valence-corrected chi connectivity index (χ1v) is 5.21. The summed E-state index contributed by atoms with van der Waals surface area (Å²) in [5.74, 6) is 0.202. The van der Waals surface area contributed by atoms with Gasteiger partial charge in [0.1, 0.15) is 0 Å². The fraction of sp³-hybridized carbons (Fsp3) is 0.800. The smallest absolute Gasteiger partial charge is 0.227 e. The molecule has 0 aliphatic carbocycles. The molecule has 14 heavy (non-hydrogen) atoms. The van der Waals surface area contributed by atoms with Crippen molar-refractivity contribution in [1.29, 1.82) is 0 Å². The lowest BCUT2D eigenvalue weighted by atomic mass is 10.1. The maximum atomic E-state index is 11.9. The summed E-state index contributed by atoms with van der Waals surface area (Å²) < 4.78 is 0. The van der Waals surface area contributed by atoms with E-state index in [-0.39, 0.29) is 17.7 Å². The van der Waals surface area contributed by atoms with Crippen molar-refractivity contribution < 1.29 is 9.59 Å². The summed E-state index contributed by atoms with van der Waals surface area (Å²) >= 11 is 0. The van der Waals surface area contributed by atoms with E-state index in [0.29, 0.717) is 13.0 Å². The van der Waals surface area contributed by atoms with Crippen molar-refractivity contribution in [2.24, 2.45) is 5.92 Å². The topological polar surface area (TPSA) is 40.6 Å². The zero-order valence-corrected chi connectivity index (χ0v) is 8.53. The molecule has 4 nitrogen and oxygen atoms in total. The number of hydrogen-bond acceptors (Lipinski definition) is 2. The van der Waals surface area contributed by atoms with Gasteiger partial charge in [-0.1, -0.05) is 0 Å². The first-order valence-electron chi connectivity index (χ1n) is 5.21. The van der Waals surface area contributed by atoms with Gasteiger partial charge in [0.15, 0.2) is 0 Å². The molecule has 0 aromatic heterocycles. The second-order valence-corrected chi connectivity index (χ2v) is 4.21. The molecule has 2 fully saturated rings. The zero-order chi connectivity index (χ0) is 10.1. The predicted molar refractivity (Wildman–Crippen MR) is 51.6 cm³/mol. The lowest BCUT2D eigenvalue weighted by Crippen LogP contribution is -2.34. The predicted octanol–water partition coefficient (Wildman–Crippen LogP) is 0.0871. The van der Waals surface area contributed by atoms with Crippen LogP contribution < -0.4 is 0 Å². The highest BCUT2D eigenvalue weighted by molar-refractivity contribution is 5.89. The van der Waals surface area contributed by atoms with Crippen LogP contribution in [0.4, 0.5) is 0 Å². The van der Waals surface area contributed by atoms with Crippen LogP contribution in [0.15, 0.2) is 0 Å². The third kappa shape index (κ3) is 1.61. The van der Waals surface area contributed by atoms with E-state index in [1.54, 1.807) is 11.9 Å². The van der Waals surface area contributed by atoms with Gasteiger partial charge < -0.3 is 9.80 Å². The van der Waals surface area contributed by atoms with Gasteiger partial charge in [-0.15, -0.1) is 0 Å². The number of carbonyl (C=O) groups is 2. The first kappa shape index (κ1) is 9.49. The van der Waals surface area contributed by atoms with Crippen molar-refractivity contribution in [2.45, 2.75) is 19.3 Å². The Morgan fingerprint density at radius 1 is 1.36 bits per heavy atom. The molecule has 2 rings (SSSR count). The Morgan fingerprint density at radius 2 is 2.00 bits per heavy atom. The molecule has 0 N–H and O–H groups in total. The second-order valence-electron chi connectivity index (χ2n) is 4.21. The summed E-state index contributed by atoms with van der Waals surface area (Å²) in [6.45, 7) is 2.37.